The summed E-state index contributed by atoms with van der Waals surface area (Å²) in [6, 6.07) is 8.95. The minimum atomic E-state index is -0.566. The molecule has 1 aromatic carbocycles. The van der Waals surface area contributed by atoms with E-state index in [1.54, 1.807) is 22.8 Å². The molecule has 11 nitrogen and oxygen atoms in total. The van der Waals surface area contributed by atoms with Gasteiger partial charge in [0.1, 0.15) is 17.3 Å². The number of fused-ring (bicyclic) bond motifs is 1. The van der Waals surface area contributed by atoms with Crippen LogP contribution in [0.1, 0.15) is 25.3 Å². The SMILES string of the molecule is CC(=O)Nc1cccc(Nc2cc(NC3CC3)n3ncc(/C=C4\NC(=O)NC4=O)c3n2)c1. The molecule has 0 bridgehead atoms. The first-order chi connectivity index (χ1) is 15.4. The smallest absolute Gasteiger partial charge is 0.326 e. The van der Waals surface area contributed by atoms with E-state index in [0.717, 1.165) is 24.3 Å². The Morgan fingerprint density at radius 1 is 1.19 bits per heavy atom. The molecule has 4 amide bonds. The number of hydrogen-bond acceptors (Lipinski definition) is 7. The van der Waals surface area contributed by atoms with E-state index < -0.39 is 11.9 Å². The summed E-state index contributed by atoms with van der Waals surface area (Å²) in [5.41, 5.74) is 2.62. The van der Waals surface area contributed by atoms with Gasteiger partial charge < -0.3 is 21.3 Å². The summed E-state index contributed by atoms with van der Waals surface area (Å²) in [5.74, 6) is 0.649. The highest BCUT2D eigenvalue weighted by Gasteiger charge is 2.25. The van der Waals surface area contributed by atoms with Gasteiger partial charge in [-0.25, -0.2) is 9.78 Å². The van der Waals surface area contributed by atoms with Crippen LogP contribution < -0.4 is 26.6 Å². The van der Waals surface area contributed by atoms with E-state index in [1.165, 1.54) is 13.0 Å². The van der Waals surface area contributed by atoms with Crippen LogP contribution >= 0.6 is 0 Å². The van der Waals surface area contributed by atoms with Gasteiger partial charge in [0.15, 0.2) is 5.65 Å². The second-order valence-electron chi connectivity index (χ2n) is 7.63. The van der Waals surface area contributed by atoms with Gasteiger partial charge in [-0.15, -0.1) is 0 Å². The van der Waals surface area contributed by atoms with Gasteiger partial charge in [-0.1, -0.05) is 6.07 Å². The average Bonchev–Trinajstić information content (AvgIpc) is 3.36. The van der Waals surface area contributed by atoms with Gasteiger partial charge in [0.2, 0.25) is 5.91 Å². The maximum absolute atomic E-state index is 11.9. The van der Waals surface area contributed by atoms with E-state index in [0.29, 0.717) is 28.8 Å². The van der Waals surface area contributed by atoms with Crippen LogP contribution in [0.2, 0.25) is 0 Å². The third-order valence-electron chi connectivity index (χ3n) is 4.90. The van der Waals surface area contributed by atoms with Crippen LogP contribution in [-0.4, -0.2) is 38.5 Å². The van der Waals surface area contributed by atoms with Gasteiger partial charge in [-0.3, -0.25) is 14.9 Å². The fraction of sp³-hybridized carbons (Fsp3) is 0.190. The Hall–Kier alpha value is -4.41. The molecule has 32 heavy (non-hydrogen) atoms. The molecule has 0 spiro atoms. The highest BCUT2D eigenvalue weighted by molar-refractivity contribution is 6.14. The Bertz CT molecular complexity index is 1290. The van der Waals surface area contributed by atoms with Gasteiger partial charge in [0.05, 0.1) is 6.20 Å². The number of carbonyl (C=O) groups is 3. The van der Waals surface area contributed by atoms with Gasteiger partial charge in [0, 0.05) is 36.0 Å². The fourth-order valence-electron chi connectivity index (χ4n) is 3.35. The molecule has 11 heteroatoms. The maximum atomic E-state index is 11.9. The topological polar surface area (TPSA) is 142 Å². The van der Waals surface area contributed by atoms with Crippen LogP contribution in [0.3, 0.4) is 0 Å². The molecule has 2 fully saturated rings. The Morgan fingerprint density at radius 3 is 2.72 bits per heavy atom. The fourth-order valence-corrected chi connectivity index (χ4v) is 3.35. The Labute approximate surface area is 182 Å². The number of carbonyl (C=O) groups excluding carboxylic acids is 3. The van der Waals surface area contributed by atoms with Crippen molar-refractivity contribution in [3.63, 3.8) is 0 Å². The highest BCUT2D eigenvalue weighted by atomic mass is 16.2. The van der Waals surface area contributed by atoms with Crippen molar-refractivity contribution in [2.45, 2.75) is 25.8 Å². The highest BCUT2D eigenvalue weighted by Crippen LogP contribution is 2.29. The molecule has 0 radical (unpaired) electrons. The lowest BCUT2D eigenvalue weighted by Gasteiger charge is -2.12. The maximum Gasteiger partial charge on any atom is 0.326 e. The first kappa shape index (κ1) is 19.5. The van der Waals surface area contributed by atoms with Crippen LogP contribution in [0.15, 0.2) is 42.2 Å². The minimum Gasteiger partial charge on any atom is -0.367 e. The predicted octanol–water partition coefficient (Wildman–Crippen LogP) is 2.19. The number of amides is 4. The summed E-state index contributed by atoms with van der Waals surface area (Å²) in [5, 5.41) is 18.5. The molecule has 1 saturated heterocycles. The molecular formula is C21H20N8O3. The van der Waals surface area contributed by atoms with Crippen LogP contribution in [0.5, 0.6) is 0 Å². The van der Waals surface area contributed by atoms with Gasteiger partial charge in [-0.2, -0.15) is 9.61 Å². The van der Waals surface area contributed by atoms with E-state index >= 15 is 0 Å². The lowest BCUT2D eigenvalue weighted by atomic mass is 10.2. The number of nitrogens with one attached hydrogen (secondary N) is 5. The van der Waals surface area contributed by atoms with E-state index in [-0.39, 0.29) is 11.6 Å². The molecule has 162 valence electrons. The number of anilines is 4. The Balaban J connectivity index is 1.53. The zero-order valence-corrected chi connectivity index (χ0v) is 17.1. The summed E-state index contributed by atoms with van der Waals surface area (Å²) in [6.07, 6.45) is 5.29. The van der Waals surface area contributed by atoms with Crippen molar-refractivity contribution in [3.8, 4) is 0 Å². The average molecular weight is 432 g/mol. The molecule has 2 aromatic heterocycles. The van der Waals surface area contributed by atoms with Crippen LogP contribution in [0, 0.1) is 0 Å². The number of hydrogen-bond donors (Lipinski definition) is 5. The van der Waals surface area contributed by atoms with Gasteiger partial charge in [0.25, 0.3) is 5.91 Å². The summed E-state index contributed by atoms with van der Waals surface area (Å²) in [4.78, 5) is 39.4. The van der Waals surface area contributed by atoms with Gasteiger partial charge in [-0.05, 0) is 37.1 Å². The second kappa shape index (κ2) is 7.69. The quantitative estimate of drug-likeness (QED) is 0.297. The first-order valence-electron chi connectivity index (χ1n) is 10.1. The van der Waals surface area contributed by atoms with Crippen molar-refractivity contribution in [1.29, 1.82) is 0 Å². The van der Waals surface area contributed by atoms with Crippen LogP contribution in [0.4, 0.5) is 27.8 Å². The largest absolute Gasteiger partial charge is 0.367 e. The van der Waals surface area contributed by atoms with E-state index in [4.69, 9.17) is 0 Å². The summed E-state index contributed by atoms with van der Waals surface area (Å²) in [6.45, 7) is 1.45. The number of urea groups is 1. The molecule has 3 heterocycles. The van der Waals surface area contributed by atoms with Crippen molar-refractivity contribution >= 4 is 52.6 Å². The Kier molecular flexibility index (Phi) is 4.70. The van der Waals surface area contributed by atoms with Gasteiger partial charge >= 0.3 is 6.03 Å². The predicted molar refractivity (Wildman–Crippen MR) is 118 cm³/mol. The lowest BCUT2D eigenvalue weighted by Crippen LogP contribution is -2.22. The number of imide groups is 1. The molecule has 0 unspecified atom stereocenters. The third kappa shape index (κ3) is 4.08. The normalized spacial score (nSPS) is 16.7. The first-order valence-corrected chi connectivity index (χ1v) is 10.1. The number of nitrogens with zero attached hydrogens (tertiary/aromatic N) is 3. The van der Waals surface area contributed by atoms with E-state index in [9.17, 15) is 14.4 Å². The Morgan fingerprint density at radius 2 is 2.00 bits per heavy atom. The monoisotopic (exact) mass is 432 g/mol. The summed E-state index contributed by atoms with van der Waals surface area (Å²) >= 11 is 0. The molecule has 1 saturated carbocycles. The van der Waals surface area contributed by atoms with Crippen LogP contribution in [-0.2, 0) is 9.59 Å². The molecule has 5 rings (SSSR count). The second-order valence-corrected chi connectivity index (χ2v) is 7.63. The van der Waals surface area contributed by atoms with E-state index in [2.05, 4.69) is 36.7 Å². The van der Waals surface area contributed by atoms with Crippen molar-refractivity contribution in [2.75, 3.05) is 16.0 Å². The molecular weight excluding hydrogens is 412 g/mol. The standard InChI is InChI=1S/C21H20N8O3/c1-11(30)23-14-3-2-4-15(8-14)24-17-9-18(25-13-5-6-13)29-19(27-17)12(10-22-29)7-16-20(31)28-21(32)26-16/h2-4,7-10,13,25H,5-6H2,1H3,(H,23,30)(H,24,27)(H2,26,28,31,32)/b16-7-. The van der Waals surface area contributed by atoms with Crippen molar-refractivity contribution in [3.05, 3.63) is 47.8 Å². The summed E-state index contributed by atoms with van der Waals surface area (Å²) in [7, 11) is 0. The molecule has 3 aromatic rings. The molecule has 2 aliphatic rings. The third-order valence-corrected chi connectivity index (χ3v) is 4.90. The molecule has 1 aliphatic heterocycles. The zero-order chi connectivity index (χ0) is 22.2. The molecule has 0 atom stereocenters. The van der Waals surface area contributed by atoms with E-state index in [1.807, 2.05) is 18.2 Å². The lowest BCUT2D eigenvalue weighted by molar-refractivity contribution is -0.116. The minimum absolute atomic E-state index is 0.129. The van der Waals surface area contributed by atoms with Crippen LogP contribution in [0.25, 0.3) is 11.7 Å². The number of benzene rings is 1. The summed E-state index contributed by atoms with van der Waals surface area (Å²) < 4.78 is 1.66. The van der Waals surface area contributed by atoms with Crippen molar-refractivity contribution in [1.82, 2.24) is 25.2 Å². The van der Waals surface area contributed by atoms with Crippen molar-refractivity contribution < 1.29 is 14.4 Å². The molecule has 5 N–H and O–H groups in total. The molecule has 1 aliphatic carbocycles. The number of rotatable bonds is 6. The van der Waals surface area contributed by atoms with Crippen molar-refractivity contribution in [2.24, 2.45) is 0 Å². The zero-order valence-electron chi connectivity index (χ0n) is 17.1. The number of aromatic nitrogens is 3.